The Morgan fingerprint density at radius 2 is 1.97 bits per heavy atom. The molecule has 0 saturated carbocycles. The number of aliphatic hydroxyl groups is 1. The van der Waals surface area contributed by atoms with Gasteiger partial charge in [-0.3, -0.25) is 9.80 Å². The van der Waals surface area contributed by atoms with Crippen LogP contribution in [0.4, 0.5) is 15.9 Å². The maximum Gasteiger partial charge on any atom is 0.167 e. The number of hydrogen-bond acceptors (Lipinski definition) is 8. The first-order valence-corrected chi connectivity index (χ1v) is 10.5. The van der Waals surface area contributed by atoms with E-state index in [9.17, 15) is 14.4 Å². The number of aromatic nitrogens is 1. The van der Waals surface area contributed by atoms with Gasteiger partial charge in [0.1, 0.15) is 17.3 Å². The van der Waals surface area contributed by atoms with Gasteiger partial charge >= 0.3 is 0 Å². The second kappa shape index (κ2) is 8.49. The maximum absolute atomic E-state index is 14.4. The Labute approximate surface area is 180 Å². The van der Waals surface area contributed by atoms with E-state index in [1.165, 1.54) is 18.3 Å². The monoisotopic (exact) mass is 429 g/mol. The number of nitrogens with two attached hydrogens (primary N) is 1. The Morgan fingerprint density at radius 1 is 1.23 bits per heavy atom. The van der Waals surface area contributed by atoms with E-state index in [0.717, 1.165) is 32.0 Å². The predicted octanol–water partition coefficient (Wildman–Crippen LogP) is 3.37. The lowest BCUT2D eigenvalue weighted by atomic mass is 9.92. The van der Waals surface area contributed by atoms with Crippen molar-refractivity contribution < 1.29 is 14.2 Å². The van der Waals surface area contributed by atoms with E-state index in [1.54, 1.807) is 6.07 Å². The average molecular weight is 429 g/mol. The number of hydrogen-bond donors (Lipinski definition) is 2. The number of rotatable bonds is 6. The third kappa shape index (κ3) is 4.13. The number of β-amino-alcohol motifs (C(OH)–C–C–N with tert-alkyl or cyclic N) is 1. The largest absolute Gasteiger partial charge is 0.454 e. The van der Waals surface area contributed by atoms with Gasteiger partial charge in [-0.05, 0) is 63.2 Å². The van der Waals surface area contributed by atoms with Crippen LogP contribution in [0.25, 0.3) is 0 Å². The van der Waals surface area contributed by atoms with Gasteiger partial charge < -0.3 is 15.6 Å². The smallest absolute Gasteiger partial charge is 0.167 e. The summed E-state index contributed by atoms with van der Waals surface area (Å²) in [6.07, 6.45) is 3.37. The molecule has 8 nitrogen and oxygen atoms in total. The second-order valence-electron chi connectivity index (χ2n) is 8.72. The summed E-state index contributed by atoms with van der Waals surface area (Å²) >= 11 is 0. The van der Waals surface area contributed by atoms with E-state index in [-0.39, 0.29) is 23.3 Å². The molecule has 2 aliphatic heterocycles. The molecule has 31 heavy (non-hydrogen) atoms. The minimum absolute atomic E-state index is 0.0151. The van der Waals surface area contributed by atoms with Crippen LogP contribution in [-0.4, -0.2) is 58.2 Å². The summed E-state index contributed by atoms with van der Waals surface area (Å²) in [4.78, 5) is 19.4. The molecule has 9 heteroatoms. The van der Waals surface area contributed by atoms with Crippen molar-refractivity contribution in [2.24, 2.45) is 5.18 Å². The summed E-state index contributed by atoms with van der Waals surface area (Å²) < 4.78 is 20.3. The molecule has 1 aromatic carbocycles. The van der Waals surface area contributed by atoms with Crippen LogP contribution in [0.2, 0.25) is 0 Å². The van der Waals surface area contributed by atoms with Crippen molar-refractivity contribution in [1.29, 1.82) is 0 Å². The first-order chi connectivity index (χ1) is 14.8. The lowest BCUT2D eigenvalue weighted by Crippen LogP contribution is -2.44. The molecule has 0 unspecified atom stereocenters. The summed E-state index contributed by atoms with van der Waals surface area (Å²) in [5, 5.41) is 13.5. The number of benzene rings is 1. The number of nitrogen functional groups attached to an aromatic ring is 1. The normalized spacial score (nSPS) is 22.7. The summed E-state index contributed by atoms with van der Waals surface area (Å²) in [5.74, 6) is -0.0658. The van der Waals surface area contributed by atoms with Crippen LogP contribution in [0.5, 0.6) is 11.5 Å². The Morgan fingerprint density at radius 3 is 2.65 bits per heavy atom. The fourth-order valence-electron chi connectivity index (χ4n) is 4.72. The summed E-state index contributed by atoms with van der Waals surface area (Å²) in [6.45, 7) is 7.20. The topological polar surface area (TPSA) is 104 Å². The Kier molecular flexibility index (Phi) is 5.92. The zero-order valence-electron chi connectivity index (χ0n) is 17.8. The lowest BCUT2D eigenvalue weighted by molar-refractivity contribution is 0.0944. The zero-order chi connectivity index (χ0) is 22.2. The van der Waals surface area contributed by atoms with Crippen molar-refractivity contribution in [3.05, 3.63) is 46.8 Å². The first kappa shape index (κ1) is 21.6. The molecule has 0 spiro atoms. The molecule has 0 amide bonds. The molecule has 166 valence electrons. The van der Waals surface area contributed by atoms with Crippen molar-refractivity contribution in [2.45, 2.75) is 44.4 Å². The molecule has 2 saturated heterocycles. The number of likely N-dealkylation sites (tertiary alicyclic amines) is 2. The van der Waals surface area contributed by atoms with Crippen molar-refractivity contribution in [3.8, 4) is 11.5 Å². The Balaban J connectivity index is 1.63. The van der Waals surface area contributed by atoms with Crippen molar-refractivity contribution in [1.82, 2.24) is 14.8 Å². The van der Waals surface area contributed by atoms with E-state index in [1.807, 2.05) is 13.8 Å². The van der Waals surface area contributed by atoms with Gasteiger partial charge in [0.05, 0.1) is 11.7 Å². The molecule has 2 fully saturated rings. The summed E-state index contributed by atoms with van der Waals surface area (Å²) in [5.41, 5.74) is 6.25. The number of nitroso groups, excluding NO2 is 1. The van der Waals surface area contributed by atoms with Gasteiger partial charge in [0.25, 0.3) is 0 Å². The number of anilines is 1. The van der Waals surface area contributed by atoms with Gasteiger partial charge in [-0.1, -0.05) is 0 Å². The molecular formula is C22H28FN5O3. The van der Waals surface area contributed by atoms with E-state index < -0.39 is 17.5 Å². The van der Waals surface area contributed by atoms with Gasteiger partial charge in [-0.2, -0.15) is 0 Å². The summed E-state index contributed by atoms with van der Waals surface area (Å²) in [7, 11) is 0. The lowest BCUT2D eigenvalue weighted by Gasteiger charge is -2.37. The number of nitrogens with zero attached hydrogens (tertiary/aromatic N) is 4. The highest BCUT2D eigenvalue weighted by atomic mass is 19.1. The van der Waals surface area contributed by atoms with Crippen LogP contribution in [0, 0.1) is 10.7 Å². The van der Waals surface area contributed by atoms with Crippen LogP contribution in [-0.2, 0) is 5.54 Å². The van der Waals surface area contributed by atoms with Crippen LogP contribution >= 0.6 is 0 Å². The standard InChI is InChI=1S/C22H28FN5O3/c1-22(2,28-12-16(17(29)13-28)27-9-3-4-10-27)20-19(7-8-25-21(20)24)31-18-6-5-14(26-30)11-15(18)23/h5-8,11,16-17,29H,3-4,9-10,12-13H2,1-2H3,(H2,24,25)/t16-,17-/m1/s1. The molecule has 2 aromatic rings. The molecule has 1 aromatic heterocycles. The number of aliphatic hydroxyl groups excluding tert-OH is 1. The maximum atomic E-state index is 14.4. The molecule has 4 rings (SSSR count). The third-order valence-electron chi connectivity index (χ3n) is 6.45. The van der Waals surface area contributed by atoms with Crippen molar-refractivity contribution >= 4 is 11.5 Å². The number of pyridine rings is 1. The highest BCUT2D eigenvalue weighted by molar-refractivity contribution is 5.54. The van der Waals surface area contributed by atoms with Gasteiger partial charge in [0.2, 0.25) is 0 Å². The van der Waals surface area contributed by atoms with E-state index in [2.05, 4.69) is 20.0 Å². The van der Waals surface area contributed by atoms with Gasteiger partial charge in [0, 0.05) is 36.9 Å². The highest BCUT2D eigenvalue weighted by Gasteiger charge is 2.44. The highest BCUT2D eigenvalue weighted by Crippen LogP contribution is 2.42. The molecule has 2 atom stereocenters. The van der Waals surface area contributed by atoms with Crippen LogP contribution in [0.15, 0.2) is 35.6 Å². The average Bonchev–Trinajstić information content (AvgIpc) is 3.39. The van der Waals surface area contributed by atoms with Crippen LogP contribution in [0.3, 0.4) is 0 Å². The minimum Gasteiger partial charge on any atom is -0.454 e. The first-order valence-electron chi connectivity index (χ1n) is 10.5. The minimum atomic E-state index is -0.693. The van der Waals surface area contributed by atoms with E-state index in [4.69, 9.17) is 10.5 Å². The predicted molar refractivity (Wildman–Crippen MR) is 116 cm³/mol. The number of ether oxygens (including phenoxy) is 1. The molecular weight excluding hydrogens is 401 g/mol. The van der Waals surface area contributed by atoms with Gasteiger partial charge in [-0.15, -0.1) is 4.91 Å². The van der Waals surface area contributed by atoms with E-state index in [0.29, 0.717) is 24.4 Å². The van der Waals surface area contributed by atoms with Crippen molar-refractivity contribution in [2.75, 3.05) is 31.9 Å². The molecule has 0 bridgehead atoms. The molecule has 2 aliphatic rings. The van der Waals surface area contributed by atoms with Crippen LogP contribution in [0.1, 0.15) is 32.3 Å². The quantitative estimate of drug-likeness (QED) is 0.679. The van der Waals surface area contributed by atoms with Crippen molar-refractivity contribution in [3.63, 3.8) is 0 Å². The Bertz CT molecular complexity index is 964. The van der Waals surface area contributed by atoms with Gasteiger partial charge in [0.15, 0.2) is 11.6 Å². The Hall–Kier alpha value is -2.62. The zero-order valence-corrected chi connectivity index (χ0v) is 17.8. The molecule has 0 radical (unpaired) electrons. The molecule has 3 N–H and O–H groups in total. The third-order valence-corrected chi connectivity index (χ3v) is 6.45. The molecule has 0 aliphatic carbocycles. The fourth-order valence-corrected chi connectivity index (χ4v) is 4.72. The van der Waals surface area contributed by atoms with Gasteiger partial charge in [-0.25, -0.2) is 9.37 Å². The molecule has 3 heterocycles. The second-order valence-corrected chi connectivity index (χ2v) is 8.72. The SMILES string of the molecule is CC(C)(c1c(Oc2ccc(N=O)cc2F)ccnc1N)N1C[C@@H](O)[C@H](N2CCCC2)C1. The number of halogens is 1. The van der Waals surface area contributed by atoms with E-state index >= 15 is 0 Å². The summed E-state index contributed by atoms with van der Waals surface area (Å²) in [6, 6.07) is 5.49. The van der Waals surface area contributed by atoms with Crippen LogP contribution < -0.4 is 10.5 Å². The fraction of sp³-hybridized carbons (Fsp3) is 0.500.